The molecule has 0 aromatic heterocycles. The number of ether oxygens (including phenoxy) is 1. The second-order valence-corrected chi connectivity index (χ2v) is 4.55. The highest BCUT2D eigenvalue weighted by Crippen LogP contribution is 2.34. The van der Waals surface area contributed by atoms with Crippen LogP contribution in [0.3, 0.4) is 0 Å². The molecule has 0 spiro atoms. The molecule has 0 aromatic carbocycles. The van der Waals surface area contributed by atoms with Gasteiger partial charge in [0.2, 0.25) is 5.91 Å². The molecule has 0 radical (unpaired) electrons. The van der Waals surface area contributed by atoms with Crippen LogP contribution in [0, 0.1) is 5.92 Å². The Kier molecular flexibility index (Phi) is 5.52. The number of hydrogen-bond acceptors (Lipinski definition) is 3. The van der Waals surface area contributed by atoms with Crippen molar-refractivity contribution >= 4 is 18.3 Å². The minimum atomic E-state index is 0. The zero-order chi connectivity index (χ0) is 10.7. The molecule has 94 valence electrons. The van der Waals surface area contributed by atoms with E-state index in [1.807, 2.05) is 0 Å². The van der Waals surface area contributed by atoms with Crippen molar-refractivity contribution in [3.63, 3.8) is 0 Å². The molecular formula is C11H21ClN2O2. The largest absolute Gasteiger partial charge is 0.366 e. The Balaban J connectivity index is 0.00000128. The number of hydrogen-bond donors (Lipinski definition) is 2. The van der Waals surface area contributed by atoms with Crippen molar-refractivity contribution in [3.05, 3.63) is 0 Å². The van der Waals surface area contributed by atoms with Gasteiger partial charge in [-0.25, -0.2) is 0 Å². The zero-order valence-corrected chi connectivity index (χ0v) is 10.5. The molecule has 2 rings (SSSR count). The van der Waals surface area contributed by atoms with Crippen LogP contribution >= 0.6 is 12.4 Å². The molecule has 2 aliphatic rings. The maximum atomic E-state index is 11.4. The van der Waals surface area contributed by atoms with Crippen molar-refractivity contribution in [3.8, 4) is 0 Å². The Morgan fingerprint density at radius 2 is 2.25 bits per heavy atom. The Labute approximate surface area is 103 Å². The molecule has 2 N–H and O–H groups in total. The summed E-state index contributed by atoms with van der Waals surface area (Å²) in [7, 11) is 0. The third-order valence-electron chi connectivity index (χ3n) is 3.12. The molecule has 1 aliphatic carbocycles. The van der Waals surface area contributed by atoms with Crippen LogP contribution < -0.4 is 10.6 Å². The maximum Gasteiger partial charge on any atom is 0.246 e. The molecule has 0 bridgehead atoms. The van der Waals surface area contributed by atoms with Gasteiger partial charge in [-0.05, 0) is 18.8 Å². The normalized spacial score (nSPS) is 27.8. The molecular weight excluding hydrogens is 228 g/mol. The summed E-state index contributed by atoms with van der Waals surface area (Å²) in [6, 6.07) is 0.431. The summed E-state index contributed by atoms with van der Waals surface area (Å²) in [6.45, 7) is 4.18. The Bertz CT molecular complexity index is 234. The molecule has 1 amide bonds. The molecule has 1 saturated carbocycles. The van der Waals surface area contributed by atoms with Gasteiger partial charge in [0.15, 0.2) is 0 Å². The van der Waals surface area contributed by atoms with E-state index in [1.165, 1.54) is 12.8 Å². The summed E-state index contributed by atoms with van der Waals surface area (Å²) in [5.41, 5.74) is 0. The first kappa shape index (κ1) is 13.7. The lowest BCUT2D eigenvalue weighted by molar-refractivity contribution is -0.128. The third kappa shape index (κ3) is 3.92. The summed E-state index contributed by atoms with van der Waals surface area (Å²) >= 11 is 0. The van der Waals surface area contributed by atoms with Crippen molar-refractivity contribution in [1.82, 2.24) is 10.6 Å². The van der Waals surface area contributed by atoms with Gasteiger partial charge in [-0.2, -0.15) is 0 Å². The minimum Gasteiger partial charge on any atom is -0.366 e. The van der Waals surface area contributed by atoms with E-state index in [2.05, 4.69) is 17.6 Å². The van der Waals surface area contributed by atoms with Crippen LogP contribution in [-0.4, -0.2) is 37.7 Å². The number of halogens is 1. The Hall–Kier alpha value is -0.320. The first-order valence-corrected chi connectivity index (χ1v) is 5.91. The smallest absolute Gasteiger partial charge is 0.246 e. The molecule has 0 aromatic rings. The summed E-state index contributed by atoms with van der Waals surface area (Å²) in [5.74, 6) is 0.773. The summed E-state index contributed by atoms with van der Waals surface area (Å²) in [6.07, 6.45) is 3.85. The molecule has 5 heteroatoms. The topological polar surface area (TPSA) is 50.4 Å². The lowest BCUT2D eigenvalue weighted by Crippen LogP contribution is -2.49. The fourth-order valence-corrected chi connectivity index (χ4v) is 1.94. The van der Waals surface area contributed by atoms with Gasteiger partial charge < -0.3 is 15.4 Å². The van der Waals surface area contributed by atoms with Gasteiger partial charge in [0.1, 0.15) is 6.61 Å². The summed E-state index contributed by atoms with van der Waals surface area (Å²) < 4.78 is 5.39. The number of carbonyl (C=O) groups is 1. The molecule has 2 atom stereocenters. The summed E-state index contributed by atoms with van der Waals surface area (Å²) in [4.78, 5) is 11.4. The highest BCUT2D eigenvalue weighted by Gasteiger charge is 2.37. The first-order chi connectivity index (χ1) is 7.29. The lowest BCUT2D eigenvalue weighted by atomic mass is 10.2. The SMILES string of the molecule is CCCC1CC1NC(=O)COC1CNC1.Cl. The average Bonchev–Trinajstić information content (AvgIpc) is 2.81. The van der Waals surface area contributed by atoms with Crippen LogP contribution in [0.4, 0.5) is 0 Å². The Morgan fingerprint density at radius 1 is 1.50 bits per heavy atom. The number of carbonyl (C=O) groups excluding carboxylic acids is 1. The molecule has 1 saturated heterocycles. The molecule has 16 heavy (non-hydrogen) atoms. The predicted molar refractivity (Wildman–Crippen MR) is 64.8 cm³/mol. The van der Waals surface area contributed by atoms with Crippen molar-refractivity contribution in [1.29, 1.82) is 0 Å². The number of nitrogens with one attached hydrogen (secondary N) is 2. The monoisotopic (exact) mass is 248 g/mol. The first-order valence-electron chi connectivity index (χ1n) is 5.91. The van der Waals surface area contributed by atoms with Gasteiger partial charge in [-0.3, -0.25) is 4.79 Å². The quantitative estimate of drug-likeness (QED) is 0.728. The molecule has 4 nitrogen and oxygen atoms in total. The van der Waals surface area contributed by atoms with E-state index in [9.17, 15) is 4.79 Å². The molecule has 1 aliphatic heterocycles. The highest BCUT2D eigenvalue weighted by atomic mass is 35.5. The van der Waals surface area contributed by atoms with Gasteiger partial charge in [0.25, 0.3) is 0 Å². The summed E-state index contributed by atoms with van der Waals surface area (Å²) in [5, 5.41) is 6.11. The van der Waals surface area contributed by atoms with Crippen molar-refractivity contribution in [2.75, 3.05) is 19.7 Å². The fourth-order valence-electron chi connectivity index (χ4n) is 1.94. The van der Waals surface area contributed by atoms with E-state index >= 15 is 0 Å². The zero-order valence-electron chi connectivity index (χ0n) is 9.70. The second kappa shape index (κ2) is 6.42. The van der Waals surface area contributed by atoms with Crippen LogP contribution in [0.1, 0.15) is 26.2 Å². The molecule has 2 unspecified atom stereocenters. The van der Waals surface area contributed by atoms with Crippen molar-refractivity contribution in [2.24, 2.45) is 5.92 Å². The third-order valence-corrected chi connectivity index (χ3v) is 3.12. The van der Waals surface area contributed by atoms with Gasteiger partial charge in [0, 0.05) is 19.1 Å². The van der Waals surface area contributed by atoms with Gasteiger partial charge in [0.05, 0.1) is 6.10 Å². The lowest BCUT2D eigenvalue weighted by Gasteiger charge is -2.26. The van der Waals surface area contributed by atoms with Crippen LogP contribution in [0.15, 0.2) is 0 Å². The van der Waals surface area contributed by atoms with E-state index in [1.54, 1.807) is 0 Å². The number of rotatable bonds is 6. The van der Waals surface area contributed by atoms with E-state index < -0.39 is 0 Å². The van der Waals surface area contributed by atoms with Gasteiger partial charge in [-0.15, -0.1) is 12.4 Å². The standard InChI is InChI=1S/C11H20N2O2.ClH/c1-2-3-8-4-10(8)13-11(14)7-15-9-5-12-6-9;/h8-10,12H,2-7H2,1H3,(H,13,14);1H. The highest BCUT2D eigenvalue weighted by molar-refractivity contribution is 5.85. The number of amides is 1. The van der Waals surface area contributed by atoms with Gasteiger partial charge >= 0.3 is 0 Å². The van der Waals surface area contributed by atoms with Crippen LogP contribution in [0.5, 0.6) is 0 Å². The second-order valence-electron chi connectivity index (χ2n) is 4.55. The van der Waals surface area contributed by atoms with Crippen LogP contribution in [0.2, 0.25) is 0 Å². The van der Waals surface area contributed by atoms with Crippen LogP contribution in [-0.2, 0) is 9.53 Å². The van der Waals surface area contributed by atoms with Gasteiger partial charge in [-0.1, -0.05) is 13.3 Å². The van der Waals surface area contributed by atoms with E-state index in [-0.39, 0.29) is 31.0 Å². The van der Waals surface area contributed by atoms with E-state index in [0.29, 0.717) is 6.04 Å². The molecule has 1 heterocycles. The Morgan fingerprint density at radius 3 is 2.81 bits per heavy atom. The van der Waals surface area contributed by atoms with E-state index in [4.69, 9.17) is 4.74 Å². The van der Waals surface area contributed by atoms with Crippen molar-refractivity contribution in [2.45, 2.75) is 38.3 Å². The predicted octanol–water partition coefficient (Wildman–Crippen LogP) is 0.701. The minimum absolute atomic E-state index is 0. The van der Waals surface area contributed by atoms with Crippen LogP contribution in [0.25, 0.3) is 0 Å². The van der Waals surface area contributed by atoms with E-state index in [0.717, 1.165) is 25.4 Å². The fraction of sp³-hybridized carbons (Fsp3) is 0.909. The molecule has 2 fully saturated rings. The average molecular weight is 249 g/mol. The maximum absolute atomic E-state index is 11.4. The van der Waals surface area contributed by atoms with Crippen molar-refractivity contribution < 1.29 is 9.53 Å².